The molecule has 0 fully saturated rings. The van der Waals surface area contributed by atoms with Crippen LogP contribution in [0.15, 0.2) is 364 Å². The molecule has 0 amide bonds. The summed E-state index contributed by atoms with van der Waals surface area (Å²) in [5.41, 5.74) is 24.6. The molecule has 0 aliphatic heterocycles. The Morgan fingerprint density at radius 3 is 1.02 bits per heavy atom. The van der Waals surface area contributed by atoms with Crippen molar-refractivity contribution in [3.8, 4) is 78.4 Å². The van der Waals surface area contributed by atoms with Gasteiger partial charge in [-0.1, -0.05) is 231 Å². The van der Waals surface area contributed by atoms with E-state index in [1.165, 1.54) is 54.7 Å². The number of para-hydroxylation sites is 6. The SMILES string of the molecule is c1ccc(-c2ccc(-c3cccc(-c4cc(-c5cccc(N(c6ccccc6)c6ccc(-c7ccc8c(c7)c7ccccc7n8-c7ccccc7)cc6)c5)nc(N(c5ccccc5)c5ccc(-c6ccc7c(c6)c6ccccc6n7-c6ccccc6)cc5)n4)c3)cc2)cc1. The van der Waals surface area contributed by atoms with Crippen molar-refractivity contribution in [2.75, 3.05) is 9.80 Å². The Kier molecular flexibility index (Phi) is 14.1. The van der Waals surface area contributed by atoms with E-state index in [9.17, 15) is 0 Å². The molecule has 0 saturated carbocycles. The maximum Gasteiger partial charge on any atom is 0.235 e. The number of fused-ring (bicyclic) bond motifs is 6. The molecule has 3 aromatic heterocycles. The van der Waals surface area contributed by atoms with Crippen molar-refractivity contribution >= 4 is 78.0 Å². The van der Waals surface area contributed by atoms with Gasteiger partial charge in [0.05, 0.1) is 33.5 Å². The summed E-state index contributed by atoms with van der Waals surface area (Å²) in [5, 5.41) is 4.88. The van der Waals surface area contributed by atoms with Crippen molar-refractivity contribution in [3.05, 3.63) is 364 Å². The molecule has 6 heteroatoms. The van der Waals surface area contributed by atoms with Gasteiger partial charge in [0.2, 0.25) is 5.95 Å². The summed E-state index contributed by atoms with van der Waals surface area (Å²) in [4.78, 5) is 15.7. The van der Waals surface area contributed by atoms with E-state index in [2.05, 4.69) is 383 Å². The third kappa shape index (κ3) is 10.3. The Bertz CT molecular complexity index is 5570. The van der Waals surface area contributed by atoms with Crippen LogP contribution in [0.4, 0.5) is 34.4 Å². The highest BCUT2D eigenvalue weighted by Crippen LogP contribution is 2.43. The Balaban J connectivity index is 0.767. The van der Waals surface area contributed by atoms with E-state index in [1.54, 1.807) is 0 Å². The second-order valence-electron chi connectivity index (χ2n) is 23.8. The van der Waals surface area contributed by atoms with Crippen molar-refractivity contribution in [3.63, 3.8) is 0 Å². The molecule has 0 saturated heterocycles. The van der Waals surface area contributed by atoms with Gasteiger partial charge in [0.25, 0.3) is 0 Å². The highest BCUT2D eigenvalue weighted by molar-refractivity contribution is 6.12. The lowest BCUT2D eigenvalue weighted by atomic mass is 9.98. The third-order valence-electron chi connectivity index (χ3n) is 18.1. The number of hydrogen-bond acceptors (Lipinski definition) is 4. The minimum Gasteiger partial charge on any atom is -0.310 e. The standard InChI is InChI=1S/C88H60N6/c1-6-22-61(23-7-1)62-40-42-63(43-41-62)66-24-20-25-69(56-66)82-60-83(90-88(89-82)92(72-29-10-3-11-30-72)76-52-46-65(47-53-76)68-49-55-87-81(59-68)79-37-17-19-39-85(79)94(87)74-33-14-5-15-34-74)70-26-21-35-77(57-70)91(71-27-8-2-9-28-71)75-50-44-64(45-51-75)67-48-54-86-80(58-67)78-36-16-18-38-84(78)93(86)73-31-12-4-13-32-73/h1-60H. The zero-order valence-corrected chi connectivity index (χ0v) is 51.3. The van der Waals surface area contributed by atoms with Crippen LogP contribution in [0.3, 0.4) is 0 Å². The Hall–Kier alpha value is -12.6. The molecule has 0 aliphatic rings. The van der Waals surface area contributed by atoms with Crippen LogP contribution in [-0.2, 0) is 0 Å². The van der Waals surface area contributed by atoms with Gasteiger partial charge in [-0.05, 0) is 178 Å². The van der Waals surface area contributed by atoms with Crippen molar-refractivity contribution in [2.45, 2.75) is 0 Å². The quantitative estimate of drug-likeness (QED) is 0.109. The van der Waals surface area contributed by atoms with Gasteiger partial charge in [0.15, 0.2) is 0 Å². The molecule has 17 aromatic rings. The largest absolute Gasteiger partial charge is 0.310 e. The van der Waals surface area contributed by atoms with Gasteiger partial charge in [-0.2, -0.15) is 0 Å². The van der Waals surface area contributed by atoms with Gasteiger partial charge < -0.3 is 14.0 Å². The molecule has 6 nitrogen and oxygen atoms in total. The lowest BCUT2D eigenvalue weighted by Gasteiger charge is -2.26. The molecular formula is C88H60N6. The molecule has 0 unspecified atom stereocenters. The summed E-state index contributed by atoms with van der Waals surface area (Å²) in [6.45, 7) is 0. The van der Waals surface area contributed by atoms with E-state index in [1.807, 2.05) is 0 Å². The van der Waals surface area contributed by atoms with Gasteiger partial charge >= 0.3 is 0 Å². The zero-order chi connectivity index (χ0) is 62.3. The Labute approximate surface area is 546 Å². The smallest absolute Gasteiger partial charge is 0.235 e. The molecule has 3 heterocycles. The number of nitrogens with zero attached hydrogens (tertiary/aromatic N) is 6. The average Bonchev–Trinajstić information content (AvgIpc) is 1.59. The first-order valence-corrected chi connectivity index (χ1v) is 31.9. The molecule has 0 atom stereocenters. The summed E-state index contributed by atoms with van der Waals surface area (Å²) >= 11 is 0. The highest BCUT2D eigenvalue weighted by Gasteiger charge is 2.22. The van der Waals surface area contributed by atoms with E-state index in [-0.39, 0.29) is 0 Å². The normalized spacial score (nSPS) is 11.4. The minimum atomic E-state index is 0.544. The first-order valence-electron chi connectivity index (χ1n) is 31.9. The zero-order valence-electron chi connectivity index (χ0n) is 51.3. The van der Waals surface area contributed by atoms with Crippen LogP contribution in [0.1, 0.15) is 0 Å². The van der Waals surface area contributed by atoms with Crippen LogP contribution < -0.4 is 9.80 Å². The maximum absolute atomic E-state index is 5.62. The Morgan fingerprint density at radius 1 is 0.191 bits per heavy atom. The van der Waals surface area contributed by atoms with E-state index < -0.39 is 0 Å². The van der Waals surface area contributed by atoms with Gasteiger partial charge in [0.1, 0.15) is 0 Å². The van der Waals surface area contributed by atoms with Crippen molar-refractivity contribution in [1.29, 1.82) is 0 Å². The number of aromatic nitrogens is 4. The highest BCUT2D eigenvalue weighted by atomic mass is 15.3. The lowest BCUT2D eigenvalue weighted by molar-refractivity contribution is 1.09. The molecule has 0 bridgehead atoms. The molecule has 17 rings (SSSR count). The molecular weight excluding hydrogens is 1140 g/mol. The number of hydrogen-bond donors (Lipinski definition) is 0. The lowest BCUT2D eigenvalue weighted by Crippen LogP contribution is -2.14. The summed E-state index contributed by atoms with van der Waals surface area (Å²) in [6.07, 6.45) is 0. The summed E-state index contributed by atoms with van der Waals surface area (Å²) < 4.78 is 4.73. The number of anilines is 6. The molecule has 0 aliphatic carbocycles. The summed E-state index contributed by atoms with van der Waals surface area (Å²) in [6, 6.07) is 130. The van der Waals surface area contributed by atoms with E-state index in [0.717, 1.165) is 95.7 Å². The van der Waals surface area contributed by atoms with Crippen molar-refractivity contribution < 1.29 is 0 Å². The van der Waals surface area contributed by atoms with Crippen LogP contribution in [0, 0.1) is 0 Å². The summed E-state index contributed by atoms with van der Waals surface area (Å²) in [7, 11) is 0. The van der Waals surface area contributed by atoms with Crippen LogP contribution >= 0.6 is 0 Å². The summed E-state index contributed by atoms with van der Waals surface area (Å²) in [5.74, 6) is 0.544. The molecule has 0 N–H and O–H groups in total. The van der Waals surface area contributed by atoms with Gasteiger partial charge in [0, 0.05) is 72.5 Å². The second-order valence-corrected chi connectivity index (χ2v) is 23.8. The Morgan fingerprint density at radius 2 is 0.511 bits per heavy atom. The monoisotopic (exact) mass is 1200 g/mol. The fraction of sp³-hybridized carbons (Fsp3) is 0. The van der Waals surface area contributed by atoms with Crippen LogP contribution in [0.2, 0.25) is 0 Å². The molecule has 0 spiro atoms. The number of benzene rings is 14. The van der Waals surface area contributed by atoms with Crippen LogP contribution in [-0.4, -0.2) is 19.1 Å². The average molecular weight is 1200 g/mol. The molecule has 0 radical (unpaired) electrons. The van der Waals surface area contributed by atoms with Crippen molar-refractivity contribution in [1.82, 2.24) is 19.1 Å². The predicted molar refractivity (Wildman–Crippen MR) is 393 cm³/mol. The van der Waals surface area contributed by atoms with Gasteiger partial charge in [-0.3, -0.25) is 4.90 Å². The third-order valence-corrected chi connectivity index (χ3v) is 18.1. The molecule has 442 valence electrons. The van der Waals surface area contributed by atoms with Crippen LogP contribution in [0.5, 0.6) is 0 Å². The first-order chi connectivity index (χ1) is 46.6. The van der Waals surface area contributed by atoms with E-state index in [0.29, 0.717) is 5.95 Å². The fourth-order valence-electron chi connectivity index (χ4n) is 13.6. The van der Waals surface area contributed by atoms with Gasteiger partial charge in [-0.15, -0.1) is 0 Å². The topological polar surface area (TPSA) is 42.1 Å². The fourth-order valence-corrected chi connectivity index (χ4v) is 13.6. The number of rotatable bonds is 14. The van der Waals surface area contributed by atoms with E-state index in [4.69, 9.17) is 9.97 Å². The molecule has 94 heavy (non-hydrogen) atoms. The van der Waals surface area contributed by atoms with Crippen molar-refractivity contribution in [2.24, 2.45) is 0 Å². The maximum atomic E-state index is 5.62. The van der Waals surface area contributed by atoms with Crippen LogP contribution in [0.25, 0.3) is 122 Å². The second kappa shape index (κ2) is 24.0. The molecule has 14 aromatic carbocycles. The van der Waals surface area contributed by atoms with E-state index >= 15 is 0 Å². The minimum absolute atomic E-state index is 0.544. The predicted octanol–water partition coefficient (Wildman–Crippen LogP) is 23.6. The first kappa shape index (κ1) is 55.4. The van der Waals surface area contributed by atoms with Gasteiger partial charge in [-0.25, -0.2) is 9.97 Å².